The molecule has 8 heteroatoms. The van der Waals surface area contributed by atoms with Crippen LogP contribution in [0, 0.1) is 0 Å². The summed E-state index contributed by atoms with van der Waals surface area (Å²) in [4.78, 5) is 10.9. The van der Waals surface area contributed by atoms with Gasteiger partial charge < -0.3 is 19.8 Å². The number of alkyl halides is 1. The maximum Gasteiger partial charge on any atom is 0.224 e. The number of nitrogens with zero attached hydrogens (tertiary/aromatic N) is 3. The van der Waals surface area contributed by atoms with Crippen LogP contribution >= 0.6 is 11.6 Å². The predicted molar refractivity (Wildman–Crippen MR) is 101 cm³/mol. The van der Waals surface area contributed by atoms with E-state index >= 15 is 0 Å². The van der Waals surface area contributed by atoms with Crippen LogP contribution in [0.1, 0.15) is 37.4 Å². The van der Waals surface area contributed by atoms with Crippen molar-refractivity contribution in [2.75, 3.05) is 18.6 Å². The zero-order chi connectivity index (χ0) is 19.1. The molecule has 1 saturated heterocycles. The first-order chi connectivity index (χ1) is 13.0. The van der Waals surface area contributed by atoms with Crippen molar-refractivity contribution in [2.45, 2.75) is 56.2 Å². The van der Waals surface area contributed by atoms with Crippen molar-refractivity contribution in [2.24, 2.45) is 0 Å². The average molecular weight is 396 g/mol. The molecule has 146 valence electrons. The Morgan fingerprint density at radius 3 is 2.70 bits per heavy atom. The van der Waals surface area contributed by atoms with E-state index in [2.05, 4.69) is 14.9 Å². The van der Waals surface area contributed by atoms with E-state index in [9.17, 15) is 14.6 Å². The van der Waals surface area contributed by atoms with E-state index in [1.54, 1.807) is 12.1 Å². The Kier molecular flexibility index (Phi) is 5.20. The number of aromatic nitrogens is 2. The highest BCUT2D eigenvalue weighted by Crippen LogP contribution is 2.38. The molecule has 2 heterocycles. The van der Waals surface area contributed by atoms with Crippen molar-refractivity contribution in [3.05, 3.63) is 29.0 Å². The molecule has 6 nitrogen and oxygen atoms in total. The van der Waals surface area contributed by atoms with Crippen molar-refractivity contribution in [3.63, 3.8) is 0 Å². The van der Waals surface area contributed by atoms with Crippen LogP contribution in [0.5, 0.6) is 0 Å². The standard InChI is InChI=1S/C19H23ClFN3O3/c1-24(11-4-2-3-5-11)18-12-7-6-10(8-13(12)22-19(20)23-18)17-15(21)16(26)14(9-25)27-17/h6-8,11,14-17,25-26H,2-5,9H2,1H3/t14-,15+,16-,17+/m1/s1. The van der Waals surface area contributed by atoms with Crippen molar-refractivity contribution in [1.82, 2.24) is 9.97 Å². The van der Waals surface area contributed by atoms with Crippen LogP contribution in [0.3, 0.4) is 0 Å². The SMILES string of the molecule is CN(c1nc(Cl)nc2cc([C@@H]3O[C@H](CO)[C@@H](O)[C@@H]3F)ccc12)C1CCCC1. The molecule has 0 amide bonds. The van der Waals surface area contributed by atoms with Gasteiger partial charge in [0, 0.05) is 18.5 Å². The Morgan fingerprint density at radius 1 is 1.30 bits per heavy atom. The molecule has 1 aliphatic carbocycles. The van der Waals surface area contributed by atoms with Gasteiger partial charge in [-0.05, 0) is 42.1 Å². The fourth-order valence-corrected chi connectivity index (χ4v) is 4.33. The fraction of sp³-hybridized carbons (Fsp3) is 0.579. The predicted octanol–water partition coefficient (Wildman–Crippen LogP) is 2.79. The summed E-state index contributed by atoms with van der Waals surface area (Å²) in [5.41, 5.74) is 1.15. The van der Waals surface area contributed by atoms with E-state index in [4.69, 9.17) is 16.3 Å². The summed E-state index contributed by atoms with van der Waals surface area (Å²) in [5.74, 6) is 0.765. The highest BCUT2D eigenvalue weighted by Gasteiger charge is 2.44. The first-order valence-corrected chi connectivity index (χ1v) is 9.66. The van der Waals surface area contributed by atoms with Crippen molar-refractivity contribution in [3.8, 4) is 0 Å². The third-order valence-electron chi connectivity index (χ3n) is 5.71. The minimum atomic E-state index is -1.61. The first kappa shape index (κ1) is 18.8. The smallest absolute Gasteiger partial charge is 0.224 e. The van der Waals surface area contributed by atoms with Gasteiger partial charge in [0.25, 0.3) is 0 Å². The van der Waals surface area contributed by atoms with Crippen molar-refractivity contribution >= 4 is 28.3 Å². The van der Waals surface area contributed by atoms with Crippen molar-refractivity contribution < 1.29 is 19.3 Å². The molecule has 1 aromatic heterocycles. The van der Waals surface area contributed by atoms with Crippen LogP contribution in [-0.4, -0.2) is 58.3 Å². The lowest BCUT2D eigenvalue weighted by Crippen LogP contribution is -2.30. The van der Waals surface area contributed by atoms with Gasteiger partial charge in [-0.2, -0.15) is 4.98 Å². The molecule has 0 radical (unpaired) electrons. The molecule has 1 aromatic carbocycles. The number of benzene rings is 1. The molecule has 0 spiro atoms. The molecule has 0 unspecified atom stereocenters. The maximum absolute atomic E-state index is 14.4. The van der Waals surface area contributed by atoms with Crippen LogP contribution in [0.2, 0.25) is 5.28 Å². The molecule has 1 aliphatic heterocycles. The van der Waals surface area contributed by atoms with Gasteiger partial charge in [0.15, 0.2) is 6.17 Å². The summed E-state index contributed by atoms with van der Waals surface area (Å²) < 4.78 is 19.9. The van der Waals surface area contributed by atoms with Gasteiger partial charge in [-0.25, -0.2) is 9.37 Å². The number of hydrogen-bond donors (Lipinski definition) is 2. The Hall–Kier alpha value is -1.54. The minimum absolute atomic E-state index is 0.136. The number of halogens is 2. The number of ether oxygens (including phenoxy) is 1. The Labute approximate surface area is 161 Å². The topological polar surface area (TPSA) is 78.7 Å². The summed E-state index contributed by atoms with van der Waals surface area (Å²) in [7, 11) is 2.02. The molecule has 2 fully saturated rings. The number of hydrogen-bond acceptors (Lipinski definition) is 6. The van der Waals surface area contributed by atoms with Gasteiger partial charge in [0.2, 0.25) is 5.28 Å². The molecule has 27 heavy (non-hydrogen) atoms. The van der Waals surface area contributed by atoms with Crippen LogP contribution < -0.4 is 4.90 Å². The zero-order valence-corrected chi connectivity index (χ0v) is 15.8. The Morgan fingerprint density at radius 2 is 2.04 bits per heavy atom. The maximum atomic E-state index is 14.4. The Balaban J connectivity index is 1.71. The van der Waals surface area contributed by atoms with Crippen LogP contribution in [0.4, 0.5) is 10.2 Å². The Bertz CT molecular complexity index is 833. The number of aliphatic hydroxyl groups excluding tert-OH is 2. The molecule has 0 bridgehead atoms. The van der Waals surface area contributed by atoms with E-state index in [1.165, 1.54) is 12.8 Å². The summed E-state index contributed by atoms with van der Waals surface area (Å²) in [6, 6.07) is 5.75. The molecule has 2 N–H and O–H groups in total. The van der Waals surface area contributed by atoms with E-state index in [1.807, 2.05) is 13.1 Å². The number of anilines is 1. The van der Waals surface area contributed by atoms with Gasteiger partial charge in [0.1, 0.15) is 24.1 Å². The minimum Gasteiger partial charge on any atom is -0.394 e. The van der Waals surface area contributed by atoms with Gasteiger partial charge in [-0.3, -0.25) is 0 Å². The van der Waals surface area contributed by atoms with Gasteiger partial charge in [-0.1, -0.05) is 18.9 Å². The molecular formula is C19H23ClFN3O3. The van der Waals surface area contributed by atoms with Gasteiger partial charge in [0.05, 0.1) is 12.1 Å². The zero-order valence-electron chi connectivity index (χ0n) is 15.1. The summed E-state index contributed by atoms with van der Waals surface area (Å²) in [5, 5.41) is 20.1. The van der Waals surface area contributed by atoms with E-state index in [-0.39, 0.29) is 5.28 Å². The lowest BCUT2D eigenvalue weighted by molar-refractivity contribution is -0.0225. The average Bonchev–Trinajstić information content (AvgIpc) is 3.29. The molecule has 2 aromatic rings. The molecule has 4 atom stereocenters. The summed E-state index contributed by atoms with van der Waals surface area (Å²) in [6.07, 6.45) is -0.186. The number of aliphatic hydroxyl groups is 2. The molecule has 4 rings (SSSR count). The summed E-state index contributed by atoms with van der Waals surface area (Å²) in [6.45, 7) is -0.435. The van der Waals surface area contributed by atoms with E-state index in [0.717, 1.165) is 24.0 Å². The van der Waals surface area contributed by atoms with Crippen LogP contribution in [0.15, 0.2) is 18.2 Å². The third kappa shape index (κ3) is 3.38. The second-order valence-electron chi connectivity index (χ2n) is 7.35. The van der Waals surface area contributed by atoms with Crippen molar-refractivity contribution in [1.29, 1.82) is 0 Å². The fourth-order valence-electron chi connectivity index (χ4n) is 4.15. The molecule has 1 saturated carbocycles. The van der Waals surface area contributed by atoms with Gasteiger partial charge in [-0.15, -0.1) is 0 Å². The second-order valence-corrected chi connectivity index (χ2v) is 7.69. The van der Waals surface area contributed by atoms with E-state index in [0.29, 0.717) is 17.1 Å². The lowest BCUT2D eigenvalue weighted by Gasteiger charge is -2.26. The largest absolute Gasteiger partial charge is 0.394 e. The quantitative estimate of drug-likeness (QED) is 0.775. The molecule has 2 aliphatic rings. The highest BCUT2D eigenvalue weighted by molar-refractivity contribution is 6.28. The van der Waals surface area contributed by atoms with Crippen LogP contribution in [0.25, 0.3) is 10.9 Å². The normalized spacial score (nSPS) is 28.9. The van der Waals surface area contributed by atoms with E-state index < -0.39 is 31.1 Å². The highest BCUT2D eigenvalue weighted by atomic mass is 35.5. The van der Waals surface area contributed by atoms with Crippen LogP contribution in [-0.2, 0) is 4.74 Å². The lowest BCUT2D eigenvalue weighted by atomic mass is 10.0. The summed E-state index contributed by atoms with van der Waals surface area (Å²) >= 11 is 6.16. The second kappa shape index (κ2) is 7.47. The molecular weight excluding hydrogens is 373 g/mol. The third-order valence-corrected chi connectivity index (χ3v) is 5.88. The van der Waals surface area contributed by atoms with Gasteiger partial charge >= 0.3 is 0 Å². The first-order valence-electron chi connectivity index (χ1n) is 9.28. The number of fused-ring (bicyclic) bond motifs is 1. The monoisotopic (exact) mass is 395 g/mol. The number of rotatable bonds is 4.